The zero-order valence-electron chi connectivity index (χ0n) is 19.6. The molecule has 2 N–H and O–H groups in total. The smallest absolute Gasteiger partial charge is 0.229 e. The number of ether oxygens (including phenoxy) is 1. The first-order valence-corrected chi connectivity index (χ1v) is 14.2. The molecule has 34 heavy (non-hydrogen) atoms. The van der Waals surface area contributed by atoms with E-state index in [1.807, 2.05) is 0 Å². The number of halogens is 1. The molecule has 2 amide bonds. The summed E-state index contributed by atoms with van der Waals surface area (Å²) in [5.74, 6) is -0.346. The number of nitrogens with one attached hydrogen (secondary N) is 2. The fraction of sp³-hybridized carbons (Fsp3) is 0.680. The molecular formula is C25H35FN2O5S. The van der Waals surface area contributed by atoms with Crippen LogP contribution < -0.4 is 14.8 Å². The van der Waals surface area contributed by atoms with Crippen molar-refractivity contribution < 1.29 is 27.1 Å². The van der Waals surface area contributed by atoms with Crippen molar-refractivity contribution in [3.8, 4) is 5.75 Å². The van der Waals surface area contributed by atoms with Crippen LogP contribution in [0, 0.1) is 17.7 Å². The molecule has 0 spiro atoms. The van der Waals surface area contributed by atoms with Crippen molar-refractivity contribution >= 4 is 21.8 Å². The monoisotopic (exact) mass is 494 g/mol. The lowest BCUT2D eigenvalue weighted by molar-refractivity contribution is -0.136. The molecule has 3 aliphatic rings. The van der Waals surface area contributed by atoms with Gasteiger partial charge in [0.15, 0.2) is 11.6 Å². The normalized spacial score (nSPS) is 22.6. The molecule has 1 atom stereocenters. The van der Waals surface area contributed by atoms with Gasteiger partial charge in [-0.1, -0.05) is 31.7 Å². The van der Waals surface area contributed by atoms with Crippen molar-refractivity contribution in [2.75, 3.05) is 12.4 Å². The van der Waals surface area contributed by atoms with E-state index in [-0.39, 0.29) is 29.2 Å². The van der Waals surface area contributed by atoms with Crippen LogP contribution in [0.4, 0.5) is 4.39 Å². The second-order valence-electron chi connectivity index (χ2n) is 10.1. The molecule has 1 heterocycles. The summed E-state index contributed by atoms with van der Waals surface area (Å²) in [5, 5.41) is 2.36. The molecule has 2 aliphatic carbocycles. The van der Waals surface area contributed by atoms with Crippen LogP contribution in [0.25, 0.3) is 0 Å². The molecule has 0 bridgehead atoms. The van der Waals surface area contributed by atoms with Crippen LogP contribution in [0.2, 0.25) is 0 Å². The number of hydrogen-bond acceptors (Lipinski definition) is 5. The van der Waals surface area contributed by atoms with E-state index < -0.39 is 21.4 Å². The number of benzene rings is 1. The number of imide groups is 1. The van der Waals surface area contributed by atoms with E-state index in [1.165, 1.54) is 18.9 Å². The Balaban J connectivity index is 1.25. The molecule has 1 aromatic carbocycles. The lowest BCUT2D eigenvalue weighted by atomic mass is 9.92. The number of carbonyl (C=O) groups excluding carboxylic acids is 2. The van der Waals surface area contributed by atoms with Crippen LogP contribution in [-0.4, -0.2) is 32.6 Å². The Hall–Kier alpha value is -2.00. The van der Waals surface area contributed by atoms with Crippen LogP contribution >= 0.6 is 0 Å². The quantitative estimate of drug-likeness (QED) is 0.339. The average molecular weight is 495 g/mol. The Labute approximate surface area is 201 Å². The summed E-state index contributed by atoms with van der Waals surface area (Å²) in [6.07, 6.45) is 9.49. The van der Waals surface area contributed by atoms with E-state index in [1.54, 1.807) is 12.1 Å². The SMILES string of the molecule is O=C1CCC(CCCCCS(=O)(=O)NC2(c3ccc(F)c(OCC4CCCC4)c3)CC2)C(=O)N1. The minimum Gasteiger partial charge on any atom is -0.490 e. The third-order valence-electron chi connectivity index (χ3n) is 7.35. The van der Waals surface area contributed by atoms with Gasteiger partial charge >= 0.3 is 0 Å². The fourth-order valence-electron chi connectivity index (χ4n) is 5.09. The average Bonchev–Trinajstić information content (AvgIpc) is 3.35. The van der Waals surface area contributed by atoms with E-state index in [0.29, 0.717) is 57.5 Å². The summed E-state index contributed by atoms with van der Waals surface area (Å²) in [4.78, 5) is 23.0. The van der Waals surface area contributed by atoms with Crippen molar-refractivity contribution in [2.45, 2.75) is 82.6 Å². The van der Waals surface area contributed by atoms with Gasteiger partial charge in [0, 0.05) is 12.3 Å². The predicted octanol–water partition coefficient (Wildman–Crippen LogP) is 3.92. The van der Waals surface area contributed by atoms with Crippen molar-refractivity contribution in [3.63, 3.8) is 0 Å². The molecule has 1 aliphatic heterocycles. The van der Waals surface area contributed by atoms with Gasteiger partial charge in [-0.05, 0) is 68.6 Å². The molecule has 7 nitrogen and oxygen atoms in total. The van der Waals surface area contributed by atoms with Gasteiger partial charge in [-0.15, -0.1) is 0 Å². The number of rotatable bonds is 12. The largest absolute Gasteiger partial charge is 0.490 e. The minimum atomic E-state index is -3.51. The van der Waals surface area contributed by atoms with E-state index in [0.717, 1.165) is 24.8 Å². The minimum absolute atomic E-state index is 0.0102. The molecule has 1 unspecified atom stereocenters. The molecule has 2 saturated carbocycles. The van der Waals surface area contributed by atoms with Crippen molar-refractivity contribution in [1.29, 1.82) is 0 Å². The van der Waals surface area contributed by atoms with Crippen LogP contribution in [0.1, 0.15) is 82.6 Å². The van der Waals surface area contributed by atoms with Gasteiger partial charge in [0.25, 0.3) is 0 Å². The fourth-order valence-corrected chi connectivity index (χ4v) is 6.70. The van der Waals surface area contributed by atoms with E-state index in [9.17, 15) is 22.4 Å². The number of unbranched alkanes of at least 4 members (excludes halogenated alkanes) is 2. The summed E-state index contributed by atoms with van der Waals surface area (Å²) < 4.78 is 48.4. The predicted molar refractivity (Wildman–Crippen MR) is 126 cm³/mol. The maximum absolute atomic E-state index is 14.3. The highest BCUT2D eigenvalue weighted by Crippen LogP contribution is 2.47. The summed E-state index contributed by atoms with van der Waals surface area (Å²) in [6.45, 7) is 0.498. The summed E-state index contributed by atoms with van der Waals surface area (Å²) >= 11 is 0. The van der Waals surface area contributed by atoms with Gasteiger partial charge < -0.3 is 4.74 Å². The topological polar surface area (TPSA) is 102 Å². The maximum Gasteiger partial charge on any atom is 0.229 e. The first kappa shape index (κ1) is 25.1. The van der Waals surface area contributed by atoms with Gasteiger partial charge in [0.05, 0.1) is 17.9 Å². The van der Waals surface area contributed by atoms with Crippen molar-refractivity contribution in [3.05, 3.63) is 29.6 Å². The van der Waals surface area contributed by atoms with Crippen LogP contribution in [-0.2, 0) is 25.2 Å². The number of hydrogen-bond donors (Lipinski definition) is 2. The Bertz CT molecular complexity index is 1000. The standard InChI is InChI=1S/C25H35FN2O5S/c26-21-11-10-20(16-22(21)33-17-18-6-3-4-7-18)25(13-14-25)28-34(31,32)15-5-1-2-8-19-9-12-23(29)27-24(19)30/h10-11,16,18-19,28H,1-9,12-15,17H2,(H,27,29,30). The maximum atomic E-state index is 14.3. The molecule has 9 heteroatoms. The second-order valence-corrected chi connectivity index (χ2v) is 11.9. The molecule has 1 saturated heterocycles. The summed E-state index contributed by atoms with van der Waals surface area (Å²) in [6, 6.07) is 4.66. The van der Waals surface area contributed by atoms with Crippen LogP contribution in [0.5, 0.6) is 5.75 Å². The highest BCUT2D eigenvalue weighted by atomic mass is 32.2. The summed E-state index contributed by atoms with van der Waals surface area (Å²) in [5.41, 5.74) is 0.0711. The van der Waals surface area contributed by atoms with Gasteiger partial charge in [-0.3, -0.25) is 14.9 Å². The number of amides is 2. The molecule has 0 radical (unpaired) electrons. The molecule has 1 aromatic rings. The lowest BCUT2D eigenvalue weighted by Gasteiger charge is -2.21. The second kappa shape index (κ2) is 10.7. The van der Waals surface area contributed by atoms with E-state index in [4.69, 9.17) is 4.74 Å². The number of piperidine rings is 1. The first-order chi connectivity index (χ1) is 16.3. The van der Waals surface area contributed by atoms with Gasteiger partial charge in [-0.2, -0.15) is 0 Å². The molecule has 0 aromatic heterocycles. The lowest BCUT2D eigenvalue weighted by Crippen LogP contribution is -2.40. The Morgan fingerprint density at radius 1 is 1.09 bits per heavy atom. The zero-order chi connectivity index (χ0) is 24.2. The number of carbonyl (C=O) groups is 2. The highest BCUT2D eigenvalue weighted by molar-refractivity contribution is 7.89. The molecule has 3 fully saturated rings. The Morgan fingerprint density at radius 2 is 1.85 bits per heavy atom. The number of sulfonamides is 1. The molecule has 4 rings (SSSR count). The Kier molecular flexibility index (Phi) is 7.92. The van der Waals surface area contributed by atoms with E-state index >= 15 is 0 Å². The zero-order valence-corrected chi connectivity index (χ0v) is 20.4. The van der Waals surface area contributed by atoms with Gasteiger partial charge in [-0.25, -0.2) is 17.5 Å². The van der Waals surface area contributed by atoms with Gasteiger partial charge in [0.2, 0.25) is 21.8 Å². The highest BCUT2D eigenvalue weighted by Gasteiger charge is 2.47. The first-order valence-electron chi connectivity index (χ1n) is 12.5. The van der Waals surface area contributed by atoms with Crippen LogP contribution in [0.15, 0.2) is 18.2 Å². The molecular weight excluding hydrogens is 459 g/mol. The Morgan fingerprint density at radius 3 is 2.56 bits per heavy atom. The third kappa shape index (κ3) is 6.56. The third-order valence-corrected chi connectivity index (χ3v) is 8.88. The van der Waals surface area contributed by atoms with Crippen molar-refractivity contribution in [2.24, 2.45) is 11.8 Å². The van der Waals surface area contributed by atoms with Crippen LogP contribution in [0.3, 0.4) is 0 Å². The molecule has 188 valence electrons. The van der Waals surface area contributed by atoms with Gasteiger partial charge in [0.1, 0.15) is 0 Å². The van der Waals surface area contributed by atoms with E-state index in [2.05, 4.69) is 10.0 Å². The summed E-state index contributed by atoms with van der Waals surface area (Å²) in [7, 11) is -3.51. The van der Waals surface area contributed by atoms with Crippen molar-refractivity contribution in [1.82, 2.24) is 10.0 Å².